The van der Waals surface area contributed by atoms with Gasteiger partial charge in [-0.2, -0.15) is 0 Å². The predicted octanol–water partition coefficient (Wildman–Crippen LogP) is 7.61. The molecule has 1 aliphatic heterocycles. The number of benzene rings is 3. The van der Waals surface area contributed by atoms with Gasteiger partial charge in [0.25, 0.3) is 11.1 Å². The first-order chi connectivity index (χ1) is 16.8. The number of carbonyl (C=O) groups is 2. The molecule has 3 aromatic rings. The molecule has 180 valence electrons. The Kier molecular flexibility index (Phi) is 7.91. The normalized spacial score (nSPS) is 14.7. The lowest BCUT2D eigenvalue weighted by Crippen LogP contribution is -2.27. The van der Waals surface area contributed by atoms with Gasteiger partial charge in [-0.3, -0.25) is 14.5 Å². The van der Waals surface area contributed by atoms with Crippen molar-refractivity contribution in [2.24, 2.45) is 0 Å². The van der Waals surface area contributed by atoms with Crippen molar-refractivity contribution in [1.29, 1.82) is 0 Å². The number of methoxy groups -OCH3 is 1. The zero-order valence-corrected chi connectivity index (χ0v) is 21.3. The third-order valence-corrected chi connectivity index (χ3v) is 6.98. The number of hydrogen-bond acceptors (Lipinski definition) is 5. The molecule has 0 bridgehead atoms. The first-order valence-electron chi connectivity index (χ1n) is 10.2. The van der Waals surface area contributed by atoms with Crippen molar-refractivity contribution in [3.05, 3.63) is 97.1 Å². The van der Waals surface area contributed by atoms with Crippen molar-refractivity contribution >= 4 is 63.8 Å². The smallest absolute Gasteiger partial charge is 0.293 e. The molecular formula is C25H17Cl3FNO4S. The molecule has 2 amide bonds. The maximum Gasteiger partial charge on any atom is 0.293 e. The molecule has 0 aromatic heterocycles. The second kappa shape index (κ2) is 10.9. The molecule has 0 aliphatic carbocycles. The van der Waals surface area contributed by atoms with Crippen LogP contribution < -0.4 is 9.47 Å². The number of carbonyl (C=O) groups excluding carboxylic acids is 2. The third kappa shape index (κ3) is 5.76. The van der Waals surface area contributed by atoms with Gasteiger partial charge in [-0.1, -0.05) is 53.0 Å². The van der Waals surface area contributed by atoms with Crippen molar-refractivity contribution in [3.63, 3.8) is 0 Å². The van der Waals surface area contributed by atoms with Crippen LogP contribution in [0.5, 0.6) is 11.5 Å². The van der Waals surface area contributed by atoms with E-state index >= 15 is 0 Å². The summed E-state index contributed by atoms with van der Waals surface area (Å²) in [6, 6.07) is 14.3. The molecule has 4 rings (SSSR count). The van der Waals surface area contributed by atoms with Crippen LogP contribution in [0.3, 0.4) is 0 Å². The number of halogens is 4. The van der Waals surface area contributed by atoms with E-state index in [2.05, 4.69) is 0 Å². The summed E-state index contributed by atoms with van der Waals surface area (Å²) in [4.78, 5) is 26.8. The number of thioether (sulfide) groups is 1. The van der Waals surface area contributed by atoms with Gasteiger partial charge < -0.3 is 9.47 Å². The van der Waals surface area contributed by atoms with Crippen LogP contribution in [-0.2, 0) is 17.9 Å². The van der Waals surface area contributed by atoms with Crippen LogP contribution in [0.4, 0.5) is 9.18 Å². The second-order valence-electron chi connectivity index (χ2n) is 7.40. The average molecular weight is 553 g/mol. The predicted molar refractivity (Wildman–Crippen MR) is 137 cm³/mol. The summed E-state index contributed by atoms with van der Waals surface area (Å²) in [5.41, 5.74) is 1.41. The van der Waals surface area contributed by atoms with Crippen LogP contribution in [0, 0.1) is 5.82 Å². The van der Waals surface area contributed by atoms with E-state index in [-0.39, 0.29) is 28.6 Å². The number of amides is 2. The molecule has 1 fully saturated rings. The van der Waals surface area contributed by atoms with Gasteiger partial charge >= 0.3 is 0 Å². The van der Waals surface area contributed by atoms with E-state index in [1.165, 1.54) is 19.2 Å². The van der Waals surface area contributed by atoms with E-state index in [1.807, 2.05) is 0 Å². The lowest BCUT2D eigenvalue weighted by molar-refractivity contribution is -0.123. The zero-order valence-electron chi connectivity index (χ0n) is 18.2. The summed E-state index contributed by atoms with van der Waals surface area (Å²) in [6.45, 7) is -0.0952. The van der Waals surface area contributed by atoms with Gasteiger partial charge in [-0.15, -0.1) is 0 Å². The fourth-order valence-corrected chi connectivity index (χ4v) is 4.85. The van der Waals surface area contributed by atoms with E-state index in [0.29, 0.717) is 32.7 Å². The molecule has 5 nitrogen and oxygen atoms in total. The lowest BCUT2D eigenvalue weighted by Gasteiger charge is -2.14. The summed E-state index contributed by atoms with van der Waals surface area (Å²) in [5, 5.41) is 0.663. The van der Waals surface area contributed by atoms with Crippen molar-refractivity contribution < 1.29 is 23.5 Å². The Balaban J connectivity index is 1.55. The average Bonchev–Trinajstić information content (AvgIpc) is 3.08. The molecule has 10 heteroatoms. The summed E-state index contributed by atoms with van der Waals surface area (Å²) in [5.74, 6) is -0.183. The van der Waals surface area contributed by atoms with Crippen LogP contribution in [0.15, 0.2) is 59.5 Å². The third-order valence-electron chi connectivity index (χ3n) is 5.14. The highest BCUT2D eigenvalue weighted by Gasteiger charge is 2.35. The number of rotatable bonds is 7. The van der Waals surface area contributed by atoms with Crippen molar-refractivity contribution in [2.45, 2.75) is 13.2 Å². The quantitative estimate of drug-likeness (QED) is 0.282. The molecule has 0 radical (unpaired) electrons. The molecule has 0 spiro atoms. The first-order valence-corrected chi connectivity index (χ1v) is 12.1. The van der Waals surface area contributed by atoms with Gasteiger partial charge in [0.05, 0.1) is 23.6 Å². The molecule has 0 atom stereocenters. The molecule has 35 heavy (non-hydrogen) atoms. The fourth-order valence-electron chi connectivity index (χ4n) is 3.32. The SMILES string of the molecule is COc1ccc(/C=C2/SC(=O)N(Cc3ccc(Cl)cc3Cl)C2=O)cc1OCc1c(F)cccc1Cl. The summed E-state index contributed by atoms with van der Waals surface area (Å²) < 4.78 is 25.2. The van der Waals surface area contributed by atoms with Crippen LogP contribution in [0.1, 0.15) is 16.7 Å². The van der Waals surface area contributed by atoms with Gasteiger partial charge in [0.2, 0.25) is 0 Å². The van der Waals surface area contributed by atoms with Gasteiger partial charge in [0.1, 0.15) is 12.4 Å². The van der Waals surface area contributed by atoms with Crippen molar-refractivity contribution in [2.75, 3.05) is 7.11 Å². The van der Waals surface area contributed by atoms with Crippen LogP contribution >= 0.6 is 46.6 Å². The highest BCUT2D eigenvalue weighted by molar-refractivity contribution is 8.18. The van der Waals surface area contributed by atoms with E-state index in [4.69, 9.17) is 44.3 Å². The minimum atomic E-state index is -0.484. The van der Waals surface area contributed by atoms with Gasteiger partial charge in [-0.25, -0.2) is 4.39 Å². The van der Waals surface area contributed by atoms with E-state index < -0.39 is 17.0 Å². The second-order valence-corrected chi connectivity index (χ2v) is 9.65. The zero-order chi connectivity index (χ0) is 25.1. The van der Waals surface area contributed by atoms with Crippen LogP contribution in [-0.4, -0.2) is 23.2 Å². The molecule has 1 saturated heterocycles. The number of nitrogens with zero attached hydrogens (tertiary/aromatic N) is 1. The Hall–Kier alpha value is -2.71. The van der Waals surface area contributed by atoms with Gasteiger partial charge in [0.15, 0.2) is 11.5 Å². The van der Waals surface area contributed by atoms with E-state index in [1.54, 1.807) is 48.5 Å². The van der Waals surface area contributed by atoms with Crippen molar-refractivity contribution in [1.82, 2.24) is 4.90 Å². The minimum Gasteiger partial charge on any atom is -0.493 e. The van der Waals surface area contributed by atoms with Gasteiger partial charge in [0, 0.05) is 15.6 Å². The fraction of sp³-hybridized carbons (Fsp3) is 0.120. The number of imide groups is 1. The molecule has 1 aliphatic rings. The molecule has 1 heterocycles. The number of hydrogen-bond donors (Lipinski definition) is 0. The minimum absolute atomic E-state index is 0.0262. The highest BCUT2D eigenvalue weighted by Crippen LogP contribution is 2.36. The van der Waals surface area contributed by atoms with Gasteiger partial charge in [-0.05, 0) is 65.4 Å². The molecule has 3 aromatic carbocycles. The van der Waals surface area contributed by atoms with Crippen molar-refractivity contribution in [3.8, 4) is 11.5 Å². The maximum atomic E-state index is 14.1. The first kappa shape index (κ1) is 25.4. The van der Waals surface area contributed by atoms with E-state index in [9.17, 15) is 14.0 Å². The summed E-state index contributed by atoms with van der Waals surface area (Å²) in [7, 11) is 1.48. The molecule has 0 N–H and O–H groups in total. The molecular weight excluding hydrogens is 536 g/mol. The Morgan fingerprint density at radius 3 is 2.51 bits per heavy atom. The van der Waals surface area contributed by atoms with Crippen LogP contribution in [0.2, 0.25) is 15.1 Å². The standard InChI is InChI=1S/C25H17Cl3FNO4S/c1-33-21-8-5-14(9-22(21)34-13-17-18(27)3-2-4-20(17)29)10-23-24(31)30(25(32)35-23)12-15-6-7-16(26)11-19(15)28/h2-11H,12-13H2,1H3/b23-10+. The van der Waals surface area contributed by atoms with E-state index in [0.717, 1.165) is 16.7 Å². The Morgan fingerprint density at radius 2 is 1.80 bits per heavy atom. The summed E-state index contributed by atoms with van der Waals surface area (Å²) in [6.07, 6.45) is 1.58. The topological polar surface area (TPSA) is 55.8 Å². The molecule has 0 unspecified atom stereocenters. The highest BCUT2D eigenvalue weighted by atomic mass is 35.5. The molecule has 0 saturated carbocycles. The summed E-state index contributed by atoms with van der Waals surface area (Å²) >= 11 is 19.0. The number of ether oxygens (including phenoxy) is 2. The Bertz CT molecular complexity index is 1330. The lowest BCUT2D eigenvalue weighted by atomic mass is 10.1. The largest absolute Gasteiger partial charge is 0.493 e. The van der Waals surface area contributed by atoms with Crippen LogP contribution in [0.25, 0.3) is 6.08 Å². The monoisotopic (exact) mass is 551 g/mol. The Labute approximate surface area is 220 Å². The maximum absolute atomic E-state index is 14.1. The Morgan fingerprint density at radius 1 is 1.00 bits per heavy atom.